The summed E-state index contributed by atoms with van der Waals surface area (Å²) >= 11 is 1.40. The van der Waals surface area contributed by atoms with E-state index in [1.807, 2.05) is 11.4 Å². The summed E-state index contributed by atoms with van der Waals surface area (Å²) < 4.78 is 0. The van der Waals surface area contributed by atoms with E-state index in [-0.39, 0.29) is 11.4 Å². The van der Waals surface area contributed by atoms with Gasteiger partial charge in [-0.3, -0.25) is 4.79 Å². The highest BCUT2D eigenvalue weighted by Crippen LogP contribution is 2.40. The molecule has 3 rings (SSSR count). The van der Waals surface area contributed by atoms with Crippen LogP contribution < -0.4 is 10.3 Å². The molecule has 0 fully saturated rings. The van der Waals surface area contributed by atoms with Crippen molar-refractivity contribution in [3.05, 3.63) is 57.3 Å². The Bertz CT molecular complexity index is 895. The molecule has 0 atom stereocenters. The van der Waals surface area contributed by atoms with Crippen LogP contribution in [0, 0.1) is 6.92 Å². The first kappa shape index (κ1) is 19.4. The van der Waals surface area contributed by atoms with E-state index in [2.05, 4.69) is 68.3 Å². The molecule has 27 heavy (non-hydrogen) atoms. The number of allylic oxidation sites excluding steroid dienone is 1. The lowest BCUT2D eigenvalue weighted by Gasteiger charge is -2.43. The molecule has 0 aliphatic carbocycles. The summed E-state index contributed by atoms with van der Waals surface area (Å²) in [6, 6.07) is 8.06. The molecule has 1 N–H and O–H groups in total. The van der Waals surface area contributed by atoms with Gasteiger partial charge in [-0.15, -0.1) is 11.3 Å². The van der Waals surface area contributed by atoms with Gasteiger partial charge in [-0.25, -0.2) is 5.43 Å². The minimum Gasteiger partial charge on any atom is -0.362 e. The third-order valence-corrected chi connectivity index (χ3v) is 5.80. The van der Waals surface area contributed by atoms with Crippen molar-refractivity contribution < 1.29 is 4.79 Å². The number of benzene rings is 1. The van der Waals surface area contributed by atoms with E-state index in [1.165, 1.54) is 28.2 Å². The first-order valence-electron chi connectivity index (χ1n) is 9.32. The Hall–Kier alpha value is -2.40. The number of thiophene rings is 1. The zero-order chi connectivity index (χ0) is 19.6. The van der Waals surface area contributed by atoms with E-state index in [0.29, 0.717) is 4.88 Å². The van der Waals surface area contributed by atoms with E-state index in [0.717, 1.165) is 24.1 Å². The highest BCUT2D eigenvalue weighted by Gasteiger charge is 2.31. The average Bonchev–Trinajstić information content (AvgIpc) is 3.14. The van der Waals surface area contributed by atoms with E-state index < -0.39 is 0 Å². The number of carbonyl (C=O) groups is 1. The average molecular weight is 382 g/mol. The summed E-state index contributed by atoms with van der Waals surface area (Å²) in [5.41, 5.74) is 8.57. The molecular formula is C22H27N3OS. The molecule has 1 aliphatic rings. The minimum absolute atomic E-state index is 0.00379. The van der Waals surface area contributed by atoms with Gasteiger partial charge in [0.15, 0.2) is 0 Å². The fourth-order valence-corrected chi connectivity index (χ4v) is 4.25. The van der Waals surface area contributed by atoms with Crippen LogP contribution in [0.15, 0.2) is 40.8 Å². The van der Waals surface area contributed by atoms with E-state index in [1.54, 1.807) is 12.3 Å². The third kappa shape index (κ3) is 3.98. The Balaban J connectivity index is 1.88. The molecule has 1 aromatic carbocycles. The second-order valence-electron chi connectivity index (χ2n) is 7.54. The van der Waals surface area contributed by atoms with Crippen molar-refractivity contribution in [3.63, 3.8) is 0 Å². The molecule has 1 aliphatic heterocycles. The van der Waals surface area contributed by atoms with Gasteiger partial charge in [0.05, 0.1) is 16.6 Å². The van der Waals surface area contributed by atoms with Gasteiger partial charge in [-0.05, 0) is 74.4 Å². The standard InChI is InChI=1S/C22H27N3OS/c1-6-9-25-19-11-15(2)17(12-18(19)16(3)13-22(25,4)5)14-23-24-21(26)20-8-7-10-27-20/h7-8,10-14H,6,9H2,1-5H3,(H,24,26)/b23-14+. The fourth-order valence-electron chi connectivity index (χ4n) is 3.64. The van der Waals surface area contributed by atoms with Crippen LogP contribution in [0.1, 0.15) is 60.5 Å². The molecule has 2 aromatic rings. The maximum absolute atomic E-state index is 12.0. The number of rotatable bonds is 5. The van der Waals surface area contributed by atoms with Gasteiger partial charge >= 0.3 is 0 Å². The van der Waals surface area contributed by atoms with Crippen molar-refractivity contribution in [2.75, 3.05) is 11.4 Å². The second kappa shape index (κ2) is 7.69. The van der Waals surface area contributed by atoms with E-state index in [9.17, 15) is 4.79 Å². The molecule has 5 heteroatoms. The van der Waals surface area contributed by atoms with Crippen LogP contribution in [0.4, 0.5) is 5.69 Å². The van der Waals surface area contributed by atoms with Crippen molar-refractivity contribution >= 4 is 34.7 Å². The SMILES string of the molecule is CCCN1c2cc(C)c(/C=N/NC(=O)c3cccs3)cc2C(C)=CC1(C)C. The smallest absolute Gasteiger partial charge is 0.281 e. The number of aryl methyl sites for hydroxylation is 1. The molecule has 1 aromatic heterocycles. The molecule has 142 valence electrons. The third-order valence-electron chi connectivity index (χ3n) is 4.93. The molecule has 0 bridgehead atoms. The molecule has 0 radical (unpaired) electrons. The van der Waals surface area contributed by atoms with Crippen molar-refractivity contribution in [3.8, 4) is 0 Å². The lowest BCUT2D eigenvalue weighted by atomic mass is 9.87. The molecule has 2 heterocycles. The van der Waals surface area contributed by atoms with Gasteiger partial charge in [-0.1, -0.05) is 19.1 Å². The Labute approximate surface area is 165 Å². The molecule has 0 spiro atoms. The van der Waals surface area contributed by atoms with Crippen LogP contribution in [-0.4, -0.2) is 24.2 Å². The Morgan fingerprint density at radius 1 is 1.33 bits per heavy atom. The highest BCUT2D eigenvalue weighted by molar-refractivity contribution is 7.12. The van der Waals surface area contributed by atoms with Gasteiger partial charge in [0.25, 0.3) is 5.91 Å². The van der Waals surface area contributed by atoms with Crippen LogP contribution in [0.25, 0.3) is 5.57 Å². The van der Waals surface area contributed by atoms with Gasteiger partial charge in [0.1, 0.15) is 0 Å². The molecule has 4 nitrogen and oxygen atoms in total. The first-order chi connectivity index (χ1) is 12.8. The van der Waals surface area contributed by atoms with Gasteiger partial charge < -0.3 is 4.90 Å². The van der Waals surface area contributed by atoms with Crippen LogP contribution in [0.2, 0.25) is 0 Å². The number of nitrogens with zero attached hydrogens (tertiary/aromatic N) is 2. The number of hydrazone groups is 1. The van der Waals surface area contributed by atoms with Crippen LogP contribution in [-0.2, 0) is 0 Å². The molecule has 0 saturated carbocycles. The van der Waals surface area contributed by atoms with Crippen LogP contribution in [0.5, 0.6) is 0 Å². The Morgan fingerprint density at radius 3 is 2.78 bits per heavy atom. The molecule has 1 amide bonds. The number of anilines is 1. The topological polar surface area (TPSA) is 44.7 Å². The Morgan fingerprint density at radius 2 is 2.11 bits per heavy atom. The number of nitrogens with one attached hydrogen (secondary N) is 1. The summed E-state index contributed by atoms with van der Waals surface area (Å²) in [4.78, 5) is 15.2. The van der Waals surface area contributed by atoms with Crippen molar-refractivity contribution in [1.82, 2.24) is 5.43 Å². The van der Waals surface area contributed by atoms with Crippen molar-refractivity contribution in [1.29, 1.82) is 0 Å². The largest absolute Gasteiger partial charge is 0.362 e. The maximum Gasteiger partial charge on any atom is 0.281 e. The van der Waals surface area contributed by atoms with Crippen molar-refractivity contribution in [2.45, 2.75) is 46.6 Å². The monoisotopic (exact) mass is 381 g/mol. The lowest BCUT2D eigenvalue weighted by Crippen LogP contribution is -2.45. The molecule has 0 saturated heterocycles. The predicted octanol–water partition coefficient (Wildman–Crippen LogP) is 5.23. The number of amides is 1. The first-order valence-corrected chi connectivity index (χ1v) is 10.2. The summed E-state index contributed by atoms with van der Waals surface area (Å²) in [6.07, 6.45) is 5.17. The van der Waals surface area contributed by atoms with Crippen LogP contribution in [0.3, 0.4) is 0 Å². The van der Waals surface area contributed by atoms with E-state index >= 15 is 0 Å². The van der Waals surface area contributed by atoms with Gasteiger partial charge in [-0.2, -0.15) is 5.10 Å². The summed E-state index contributed by atoms with van der Waals surface area (Å²) in [5, 5.41) is 6.05. The van der Waals surface area contributed by atoms with Gasteiger partial charge in [0.2, 0.25) is 0 Å². The maximum atomic E-state index is 12.0. The fraction of sp³-hybridized carbons (Fsp3) is 0.364. The summed E-state index contributed by atoms with van der Waals surface area (Å²) in [6.45, 7) is 12.0. The van der Waals surface area contributed by atoms with Gasteiger partial charge in [0, 0.05) is 17.8 Å². The normalized spacial score (nSPS) is 15.6. The summed E-state index contributed by atoms with van der Waals surface area (Å²) in [7, 11) is 0. The second-order valence-corrected chi connectivity index (χ2v) is 8.48. The number of carbonyl (C=O) groups excluding carboxylic acids is 1. The number of fused-ring (bicyclic) bond motifs is 1. The number of hydrogen-bond donors (Lipinski definition) is 1. The highest BCUT2D eigenvalue weighted by atomic mass is 32.1. The zero-order valence-electron chi connectivity index (χ0n) is 16.7. The van der Waals surface area contributed by atoms with Crippen LogP contribution >= 0.6 is 11.3 Å². The Kier molecular flexibility index (Phi) is 5.51. The number of hydrogen-bond acceptors (Lipinski definition) is 4. The van der Waals surface area contributed by atoms with E-state index in [4.69, 9.17) is 0 Å². The molecular weight excluding hydrogens is 354 g/mol. The predicted molar refractivity (Wildman–Crippen MR) is 116 cm³/mol. The molecule has 0 unspecified atom stereocenters. The zero-order valence-corrected chi connectivity index (χ0v) is 17.5. The minimum atomic E-state index is -0.177. The summed E-state index contributed by atoms with van der Waals surface area (Å²) in [5.74, 6) is -0.177. The van der Waals surface area contributed by atoms with Crippen molar-refractivity contribution in [2.24, 2.45) is 5.10 Å². The quantitative estimate of drug-likeness (QED) is 0.569. The lowest BCUT2D eigenvalue weighted by molar-refractivity contribution is 0.0959.